The SMILES string of the molecule is CCOc1cc(C)nc(NCCC(=O)NC)n1. The number of aryl methyl sites for hydroxylation is 1. The van der Waals surface area contributed by atoms with E-state index in [1.807, 2.05) is 13.8 Å². The number of rotatable bonds is 6. The van der Waals surface area contributed by atoms with Crippen LogP contribution in [-0.4, -0.2) is 36.1 Å². The lowest BCUT2D eigenvalue weighted by atomic mass is 10.4. The molecule has 6 heteroatoms. The van der Waals surface area contributed by atoms with Gasteiger partial charge in [-0.25, -0.2) is 4.98 Å². The fourth-order valence-electron chi connectivity index (χ4n) is 1.25. The quantitative estimate of drug-likeness (QED) is 0.764. The van der Waals surface area contributed by atoms with Gasteiger partial charge in [0.1, 0.15) is 0 Å². The Morgan fingerprint density at radius 1 is 1.47 bits per heavy atom. The molecule has 0 bridgehead atoms. The predicted octanol–water partition coefficient (Wildman–Crippen LogP) is 0.732. The second-order valence-electron chi connectivity index (χ2n) is 3.45. The molecule has 17 heavy (non-hydrogen) atoms. The summed E-state index contributed by atoms with van der Waals surface area (Å²) in [6.07, 6.45) is 0.387. The molecule has 0 aliphatic heterocycles. The lowest BCUT2D eigenvalue weighted by Crippen LogP contribution is -2.21. The molecule has 0 atom stereocenters. The summed E-state index contributed by atoms with van der Waals surface area (Å²) in [5, 5.41) is 5.54. The molecule has 0 aliphatic carbocycles. The number of nitrogens with one attached hydrogen (secondary N) is 2. The number of ether oxygens (including phenoxy) is 1. The summed E-state index contributed by atoms with van der Waals surface area (Å²) in [6, 6.07) is 1.77. The van der Waals surface area contributed by atoms with Crippen molar-refractivity contribution in [2.75, 3.05) is 25.5 Å². The number of anilines is 1. The van der Waals surface area contributed by atoms with Crippen LogP contribution in [0.1, 0.15) is 19.0 Å². The van der Waals surface area contributed by atoms with E-state index in [-0.39, 0.29) is 5.91 Å². The number of hydrogen-bond acceptors (Lipinski definition) is 5. The Bertz CT molecular complexity index is 382. The summed E-state index contributed by atoms with van der Waals surface area (Å²) in [5.74, 6) is 1.01. The first-order valence-corrected chi connectivity index (χ1v) is 5.58. The van der Waals surface area contributed by atoms with Crippen LogP contribution < -0.4 is 15.4 Å². The van der Waals surface area contributed by atoms with Crippen LogP contribution in [0.15, 0.2) is 6.07 Å². The van der Waals surface area contributed by atoms with E-state index < -0.39 is 0 Å². The topological polar surface area (TPSA) is 76.1 Å². The van der Waals surface area contributed by atoms with Crippen molar-refractivity contribution in [2.45, 2.75) is 20.3 Å². The van der Waals surface area contributed by atoms with Gasteiger partial charge >= 0.3 is 0 Å². The van der Waals surface area contributed by atoms with Crippen molar-refractivity contribution >= 4 is 11.9 Å². The fourth-order valence-corrected chi connectivity index (χ4v) is 1.25. The molecule has 0 aromatic carbocycles. The molecule has 1 aromatic rings. The third-order valence-corrected chi connectivity index (χ3v) is 2.04. The van der Waals surface area contributed by atoms with E-state index >= 15 is 0 Å². The van der Waals surface area contributed by atoms with Crippen molar-refractivity contribution in [1.29, 1.82) is 0 Å². The van der Waals surface area contributed by atoms with Crippen LogP contribution in [0.3, 0.4) is 0 Å². The molecule has 0 saturated carbocycles. The van der Waals surface area contributed by atoms with Gasteiger partial charge in [-0.3, -0.25) is 4.79 Å². The van der Waals surface area contributed by atoms with Gasteiger partial charge in [0.2, 0.25) is 17.7 Å². The van der Waals surface area contributed by atoms with E-state index in [1.54, 1.807) is 13.1 Å². The van der Waals surface area contributed by atoms with Gasteiger partial charge in [-0.2, -0.15) is 4.98 Å². The minimum Gasteiger partial charge on any atom is -0.478 e. The molecule has 1 amide bonds. The molecule has 6 nitrogen and oxygen atoms in total. The standard InChI is InChI=1S/C11H18N4O2/c1-4-17-10-7-8(2)14-11(15-10)13-6-5-9(16)12-3/h7H,4-6H2,1-3H3,(H,12,16)(H,13,14,15). The maximum absolute atomic E-state index is 11.0. The summed E-state index contributed by atoms with van der Waals surface area (Å²) in [6.45, 7) is 4.83. The molecule has 0 radical (unpaired) electrons. The molecule has 0 spiro atoms. The van der Waals surface area contributed by atoms with Crippen LogP contribution in [0.25, 0.3) is 0 Å². The molecular formula is C11H18N4O2. The molecule has 1 rings (SSSR count). The Hall–Kier alpha value is -1.85. The van der Waals surface area contributed by atoms with Crippen LogP contribution in [0, 0.1) is 6.92 Å². The second kappa shape index (κ2) is 6.67. The first-order chi connectivity index (χ1) is 8.15. The maximum atomic E-state index is 11.0. The molecule has 94 valence electrons. The zero-order valence-electron chi connectivity index (χ0n) is 10.4. The van der Waals surface area contributed by atoms with Gasteiger partial charge in [-0.1, -0.05) is 0 Å². The van der Waals surface area contributed by atoms with Crippen LogP contribution in [-0.2, 0) is 4.79 Å². The molecule has 1 heterocycles. The predicted molar refractivity (Wildman–Crippen MR) is 65.1 cm³/mol. The average Bonchev–Trinajstić information content (AvgIpc) is 2.28. The summed E-state index contributed by atoms with van der Waals surface area (Å²) in [7, 11) is 1.61. The highest BCUT2D eigenvalue weighted by Gasteiger charge is 2.03. The Kier molecular flexibility index (Phi) is 5.19. The first-order valence-electron chi connectivity index (χ1n) is 5.58. The number of nitrogens with zero attached hydrogens (tertiary/aromatic N) is 2. The molecule has 0 unspecified atom stereocenters. The van der Waals surface area contributed by atoms with Crippen molar-refractivity contribution in [3.8, 4) is 5.88 Å². The van der Waals surface area contributed by atoms with Crippen molar-refractivity contribution in [3.63, 3.8) is 0 Å². The third-order valence-electron chi connectivity index (χ3n) is 2.04. The Labute approximate surface area is 101 Å². The normalized spacial score (nSPS) is 9.82. The number of carbonyl (C=O) groups is 1. The Morgan fingerprint density at radius 2 is 2.24 bits per heavy atom. The average molecular weight is 238 g/mol. The van der Waals surface area contributed by atoms with Crippen LogP contribution in [0.4, 0.5) is 5.95 Å². The number of hydrogen-bond donors (Lipinski definition) is 2. The largest absolute Gasteiger partial charge is 0.478 e. The Balaban J connectivity index is 2.55. The van der Waals surface area contributed by atoms with Crippen LogP contribution in [0.5, 0.6) is 5.88 Å². The van der Waals surface area contributed by atoms with Gasteiger partial charge in [-0.05, 0) is 13.8 Å². The highest BCUT2D eigenvalue weighted by Crippen LogP contribution is 2.11. The van der Waals surface area contributed by atoms with E-state index in [1.165, 1.54) is 0 Å². The van der Waals surface area contributed by atoms with E-state index in [0.29, 0.717) is 31.4 Å². The van der Waals surface area contributed by atoms with E-state index in [4.69, 9.17) is 4.74 Å². The smallest absolute Gasteiger partial charge is 0.226 e. The monoisotopic (exact) mass is 238 g/mol. The van der Waals surface area contributed by atoms with Gasteiger partial charge in [0.15, 0.2) is 0 Å². The Morgan fingerprint density at radius 3 is 2.88 bits per heavy atom. The molecule has 0 saturated heterocycles. The summed E-state index contributed by atoms with van der Waals surface area (Å²) in [4.78, 5) is 19.4. The molecule has 1 aromatic heterocycles. The van der Waals surface area contributed by atoms with Crippen LogP contribution in [0.2, 0.25) is 0 Å². The van der Waals surface area contributed by atoms with E-state index in [2.05, 4.69) is 20.6 Å². The molecule has 2 N–H and O–H groups in total. The number of aromatic nitrogens is 2. The zero-order chi connectivity index (χ0) is 12.7. The first kappa shape index (κ1) is 13.2. The lowest BCUT2D eigenvalue weighted by molar-refractivity contribution is -0.120. The highest BCUT2D eigenvalue weighted by molar-refractivity contribution is 5.75. The van der Waals surface area contributed by atoms with Gasteiger partial charge < -0.3 is 15.4 Å². The molecular weight excluding hydrogens is 220 g/mol. The molecule has 0 fully saturated rings. The van der Waals surface area contributed by atoms with Crippen molar-refractivity contribution in [3.05, 3.63) is 11.8 Å². The van der Waals surface area contributed by atoms with E-state index in [9.17, 15) is 4.79 Å². The fraction of sp³-hybridized carbons (Fsp3) is 0.545. The molecule has 0 aliphatic rings. The van der Waals surface area contributed by atoms with Crippen molar-refractivity contribution in [1.82, 2.24) is 15.3 Å². The van der Waals surface area contributed by atoms with Gasteiger partial charge in [0.25, 0.3) is 0 Å². The number of carbonyl (C=O) groups excluding carboxylic acids is 1. The lowest BCUT2D eigenvalue weighted by Gasteiger charge is -2.07. The zero-order valence-corrected chi connectivity index (χ0v) is 10.4. The van der Waals surface area contributed by atoms with Gasteiger partial charge in [0, 0.05) is 31.8 Å². The van der Waals surface area contributed by atoms with Gasteiger partial charge in [-0.15, -0.1) is 0 Å². The summed E-state index contributed by atoms with van der Waals surface area (Å²) in [5.41, 5.74) is 0.825. The van der Waals surface area contributed by atoms with E-state index in [0.717, 1.165) is 5.69 Å². The van der Waals surface area contributed by atoms with Gasteiger partial charge in [0.05, 0.1) is 6.61 Å². The van der Waals surface area contributed by atoms with Crippen LogP contribution >= 0.6 is 0 Å². The van der Waals surface area contributed by atoms with Crippen molar-refractivity contribution < 1.29 is 9.53 Å². The summed E-state index contributed by atoms with van der Waals surface area (Å²) >= 11 is 0. The number of amides is 1. The minimum atomic E-state index is -0.0183. The van der Waals surface area contributed by atoms with Crippen molar-refractivity contribution in [2.24, 2.45) is 0 Å². The second-order valence-corrected chi connectivity index (χ2v) is 3.45. The summed E-state index contributed by atoms with van der Waals surface area (Å²) < 4.78 is 5.31. The highest BCUT2D eigenvalue weighted by atomic mass is 16.5. The third kappa shape index (κ3) is 4.67. The minimum absolute atomic E-state index is 0.0183. The maximum Gasteiger partial charge on any atom is 0.226 e.